The molecule has 0 fully saturated rings. The van der Waals surface area contributed by atoms with Crippen molar-refractivity contribution in [3.8, 4) is 5.75 Å². The molecule has 0 aliphatic carbocycles. The van der Waals surface area contributed by atoms with Crippen LogP contribution >= 0.6 is 7.37 Å². The maximum Gasteiger partial charge on any atom is 0.247 e. The van der Waals surface area contributed by atoms with Gasteiger partial charge in [-0.05, 0) is 31.0 Å². The summed E-state index contributed by atoms with van der Waals surface area (Å²) in [7, 11) is -2.44. The minimum Gasteiger partial charge on any atom is -0.443 e. The summed E-state index contributed by atoms with van der Waals surface area (Å²) in [6.45, 7) is 5.96. The zero-order chi connectivity index (χ0) is 11.3. The van der Waals surface area contributed by atoms with Gasteiger partial charge in [-0.2, -0.15) is 0 Å². The highest BCUT2D eigenvalue weighted by molar-refractivity contribution is 7.59. The Morgan fingerprint density at radius 2 is 2.07 bits per heavy atom. The molecule has 1 aromatic carbocycles. The summed E-state index contributed by atoms with van der Waals surface area (Å²) in [5.41, 5.74) is 1.13. The van der Waals surface area contributed by atoms with E-state index >= 15 is 0 Å². The van der Waals surface area contributed by atoms with Gasteiger partial charge in [-0.3, -0.25) is 4.57 Å². The number of hydrogen-bond donors (Lipinski definition) is 0. The monoisotopic (exact) mass is 226 g/mol. The van der Waals surface area contributed by atoms with Gasteiger partial charge in [0, 0.05) is 12.3 Å². The Morgan fingerprint density at radius 1 is 1.33 bits per heavy atom. The van der Waals surface area contributed by atoms with Crippen LogP contribution in [0.3, 0.4) is 0 Å². The highest BCUT2D eigenvalue weighted by atomic mass is 31.2. The first-order valence-electron chi connectivity index (χ1n) is 5.44. The van der Waals surface area contributed by atoms with Crippen molar-refractivity contribution in [2.75, 3.05) is 12.3 Å². The van der Waals surface area contributed by atoms with Crippen molar-refractivity contribution in [1.82, 2.24) is 0 Å². The van der Waals surface area contributed by atoms with Gasteiger partial charge < -0.3 is 4.52 Å². The second kappa shape index (κ2) is 5.37. The van der Waals surface area contributed by atoms with E-state index in [1.807, 2.05) is 45.0 Å². The van der Waals surface area contributed by atoms with Gasteiger partial charge in [-0.25, -0.2) is 0 Å². The molecule has 1 rings (SSSR count). The Labute approximate surface area is 92.1 Å². The maximum absolute atomic E-state index is 12.2. The predicted octanol–water partition coefficient (Wildman–Crippen LogP) is 4.08. The number of rotatable bonds is 5. The van der Waals surface area contributed by atoms with Crippen molar-refractivity contribution in [3.05, 3.63) is 29.8 Å². The van der Waals surface area contributed by atoms with Crippen molar-refractivity contribution in [1.29, 1.82) is 0 Å². The SMILES string of the molecule is CCCP(=O)(CC)Oc1cccc(C)c1. The van der Waals surface area contributed by atoms with Crippen molar-refractivity contribution >= 4 is 7.37 Å². The second-order valence-corrected chi connectivity index (χ2v) is 6.65. The molecular formula is C12H19O2P. The van der Waals surface area contributed by atoms with Crippen LogP contribution in [0, 0.1) is 6.92 Å². The highest BCUT2D eigenvalue weighted by Gasteiger charge is 2.20. The molecular weight excluding hydrogens is 207 g/mol. The number of benzene rings is 1. The minimum atomic E-state index is -2.44. The Hall–Kier alpha value is -0.750. The highest BCUT2D eigenvalue weighted by Crippen LogP contribution is 2.47. The summed E-state index contributed by atoms with van der Waals surface area (Å²) < 4.78 is 17.9. The van der Waals surface area contributed by atoms with Gasteiger partial charge in [-0.1, -0.05) is 26.0 Å². The van der Waals surface area contributed by atoms with E-state index in [-0.39, 0.29) is 0 Å². The van der Waals surface area contributed by atoms with Crippen LogP contribution < -0.4 is 4.52 Å². The summed E-state index contributed by atoms with van der Waals surface area (Å²) in [6, 6.07) is 7.73. The molecule has 1 unspecified atom stereocenters. The fraction of sp³-hybridized carbons (Fsp3) is 0.500. The average Bonchev–Trinajstić information content (AvgIpc) is 2.18. The lowest BCUT2D eigenvalue weighted by molar-refractivity contribution is 0.481. The lowest BCUT2D eigenvalue weighted by Crippen LogP contribution is -2.00. The fourth-order valence-electron chi connectivity index (χ4n) is 1.47. The van der Waals surface area contributed by atoms with Crippen molar-refractivity contribution < 1.29 is 9.09 Å². The molecule has 0 aliphatic rings. The molecule has 3 heteroatoms. The maximum atomic E-state index is 12.2. The Bertz CT molecular complexity index is 360. The fourth-order valence-corrected chi connectivity index (χ4v) is 3.19. The Balaban J connectivity index is 2.79. The molecule has 0 saturated carbocycles. The van der Waals surface area contributed by atoms with Crippen molar-refractivity contribution in [3.63, 3.8) is 0 Å². The summed E-state index contributed by atoms with van der Waals surface area (Å²) >= 11 is 0. The molecule has 0 spiro atoms. The van der Waals surface area contributed by atoms with Crippen molar-refractivity contribution in [2.24, 2.45) is 0 Å². The van der Waals surface area contributed by atoms with Gasteiger partial charge in [0.05, 0.1) is 0 Å². The molecule has 0 saturated heterocycles. The Kier molecular flexibility index (Phi) is 4.41. The van der Waals surface area contributed by atoms with E-state index in [2.05, 4.69) is 0 Å². The Morgan fingerprint density at radius 3 is 2.60 bits per heavy atom. The van der Waals surface area contributed by atoms with E-state index in [1.165, 1.54) is 0 Å². The molecule has 0 amide bonds. The molecule has 0 N–H and O–H groups in total. The first-order chi connectivity index (χ1) is 7.09. The zero-order valence-electron chi connectivity index (χ0n) is 9.69. The van der Waals surface area contributed by atoms with E-state index < -0.39 is 7.37 Å². The van der Waals surface area contributed by atoms with Crippen LogP contribution in [0.25, 0.3) is 0 Å². The van der Waals surface area contributed by atoms with Crippen LogP contribution in [0.5, 0.6) is 5.75 Å². The normalized spacial score (nSPS) is 14.6. The van der Waals surface area contributed by atoms with Crippen LogP contribution in [0.15, 0.2) is 24.3 Å². The van der Waals surface area contributed by atoms with E-state index in [4.69, 9.17) is 4.52 Å². The molecule has 0 heterocycles. The molecule has 1 aromatic rings. The van der Waals surface area contributed by atoms with E-state index in [1.54, 1.807) is 0 Å². The van der Waals surface area contributed by atoms with Gasteiger partial charge in [0.25, 0.3) is 0 Å². The van der Waals surface area contributed by atoms with Crippen LogP contribution in [-0.4, -0.2) is 12.3 Å². The predicted molar refractivity (Wildman–Crippen MR) is 65.1 cm³/mol. The van der Waals surface area contributed by atoms with E-state index in [0.717, 1.165) is 17.7 Å². The van der Waals surface area contributed by atoms with Gasteiger partial charge in [0.2, 0.25) is 7.37 Å². The lowest BCUT2D eigenvalue weighted by Gasteiger charge is -2.17. The molecule has 0 aromatic heterocycles. The summed E-state index contributed by atoms with van der Waals surface area (Å²) in [4.78, 5) is 0. The third kappa shape index (κ3) is 3.71. The van der Waals surface area contributed by atoms with Gasteiger partial charge in [-0.15, -0.1) is 0 Å². The second-order valence-electron chi connectivity index (χ2n) is 3.76. The van der Waals surface area contributed by atoms with Gasteiger partial charge >= 0.3 is 0 Å². The van der Waals surface area contributed by atoms with Gasteiger partial charge in [0.15, 0.2) is 0 Å². The molecule has 84 valence electrons. The first-order valence-corrected chi connectivity index (χ1v) is 7.43. The smallest absolute Gasteiger partial charge is 0.247 e. The first kappa shape index (κ1) is 12.3. The molecule has 15 heavy (non-hydrogen) atoms. The van der Waals surface area contributed by atoms with E-state index in [0.29, 0.717) is 12.3 Å². The zero-order valence-corrected chi connectivity index (χ0v) is 10.6. The van der Waals surface area contributed by atoms with Crippen molar-refractivity contribution in [2.45, 2.75) is 27.2 Å². The largest absolute Gasteiger partial charge is 0.443 e. The third-order valence-electron chi connectivity index (χ3n) is 2.31. The minimum absolute atomic E-state index is 0.606. The van der Waals surface area contributed by atoms with Crippen LogP contribution in [0.2, 0.25) is 0 Å². The molecule has 0 bridgehead atoms. The molecule has 1 atom stereocenters. The quantitative estimate of drug-likeness (QED) is 0.707. The van der Waals surface area contributed by atoms with Crippen LogP contribution in [0.4, 0.5) is 0 Å². The molecule has 0 radical (unpaired) electrons. The molecule has 0 aliphatic heterocycles. The average molecular weight is 226 g/mol. The number of hydrogen-bond acceptors (Lipinski definition) is 2. The number of aryl methyl sites for hydroxylation is 1. The van der Waals surface area contributed by atoms with Crippen LogP contribution in [0.1, 0.15) is 25.8 Å². The third-order valence-corrected chi connectivity index (χ3v) is 4.94. The summed E-state index contributed by atoms with van der Waals surface area (Å²) in [5.74, 6) is 0.730. The van der Waals surface area contributed by atoms with Crippen LogP contribution in [-0.2, 0) is 4.57 Å². The standard InChI is InChI=1S/C12H19O2P/c1-4-9-15(13,5-2)14-12-8-6-7-11(3)10-12/h6-8,10H,4-5,9H2,1-3H3. The summed E-state index contributed by atoms with van der Waals surface area (Å²) in [6.07, 6.45) is 2.17. The topological polar surface area (TPSA) is 26.3 Å². The molecule has 2 nitrogen and oxygen atoms in total. The van der Waals surface area contributed by atoms with E-state index in [9.17, 15) is 4.57 Å². The van der Waals surface area contributed by atoms with Gasteiger partial charge in [0.1, 0.15) is 5.75 Å². The lowest BCUT2D eigenvalue weighted by atomic mass is 10.2. The summed E-state index contributed by atoms with van der Waals surface area (Å²) in [5, 5.41) is 0.